The summed E-state index contributed by atoms with van der Waals surface area (Å²) in [4.78, 5) is 0. The molecule has 1 aromatic rings. The van der Waals surface area contributed by atoms with Crippen LogP contribution in [0.1, 0.15) is 52.2 Å². The van der Waals surface area contributed by atoms with Gasteiger partial charge in [0.25, 0.3) is 0 Å². The van der Waals surface area contributed by atoms with Crippen molar-refractivity contribution in [2.45, 2.75) is 58.8 Å². The highest BCUT2D eigenvalue weighted by Gasteiger charge is 2.28. The largest absolute Gasteiger partial charge is 0.500 e. The molecule has 1 heterocycles. The van der Waals surface area contributed by atoms with Crippen LogP contribution in [0.25, 0.3) is 11.1 Å². The average Bonchev–Trinajstić information content (AvgIpc) is 2.66. The van der Waals surface area contributed by atoms with Gasteiger partial charge in [-0.2, -0.15) is 0 Å². The van der Waals surface area contributed by atoms with Crippen molar-refractivity contribution in [2.24, 2.45) is 5.92 Å². The second-order valence-electron chi connectivity index (χ2n) is 8.45. The number of allylic oxidation sites excluding steroid dienone is 4. The highest BCUT2D eigenvalue weighted by atomic mass is 16.5. The van der Waals surface area contributed by atoms with E-state index in [0.717, 1.165) is 17.9 Å². The predicted molar refractivity (Wildman–Crippen MR) is 119 cm³/mol. The van der Waals surface area contributed by atoms with Gasteiger partial charge in [0.05, 0.1) is 24.9 Å². The molecule has 0 fully saturated rings. The molecule has 1 N–H and O–H groups in total. The molecule has 3 atom stereocenters. The minimum atomic E-state index is -0.130. The summed E-state index contributed by atoms with van der Waals surface area (Å²) >= 11 is 0. The van der Waals surface area contributed by atoms with Crippen LogP contribution in [0.3, 0.4) is 0 Å². The van der Waals surface area contributed by atoms with Crippen LogP contribution >= 0.6 is 0 Å². The average molecular weight is 380 g/mol. The van der Waals surface area contributed by atoms with Crippen LogP contribution in [0.4, 0.5) is 5.69 Å². The Bertz CT molecular complexity index is 844. The van der Waals surface area contributed by atoms with Crippen LogP contribution in [0.2, 0.25) is 0 Å². The molecule has 0 amide bonds. The molecule has 0 aromatic heterocycles. The number of anilines is 1. The third-order valence-corrected chi connectivity index (χ3v) is 5.51. The molecule has 0 spiro atoms. The molecule has 3 unspecified atom stereocenters. The van der Waals surface area contributed by atoms with E-state index in [2.05, 4.69) is 76.0 Å². The molecule has 0 radical (unpaired) electrons. The van der Waals surface area contributed by atoms with Crippen LogP contribution < -0.4 is 5.32 Å². The minimum absolute atomic E-state index is 0.00506. The fourth-order valence-corrected chi connectivity index (χ4v) is 4.09. The lowest BCUT2D eigenvalue weighted by atomic mass is 9.85. The molecule has 1 aliphatic heterocycles. The SMILES string of the molecule is C=CC(C)OC(C)C1=CC(C)(C)Nc2ccc(C3=C(OC)C(C)CC=C3)cc21. The standard InChI is InChI=1S/C25H33NO2/c1-8-17(3)28-18(4)22-15-25(5,6)26-23-13-12-19(14-21(22)23)20-11-9-10-16(2)24(20)27-7/h8-9,11-18,26H,1,10H2,2-7H3. The number of hydrogen-bond acceptors (Lipinski definition) is 3. The summed E-state index contributed by atoms with van der Waals surface area (Å²) in [6.07, 6.45) is 9.53. The molecule has 150 valence electrons. The third-order valence-electron chi connectivity index (χ3n) is 5.51. The second kappa shape index (κ2) is 8.00. The van der Waals surface area contributed by atoms with Gasteiger partial charge >= 0.3 is 0 Å². The van der Waals surface area contributed by atoms with Gasteiger partial charge in [-0.3, -0.25) is 0 Å². The number of benzene rings is 1. The first-order valence-corrected chi connectivity index (χ1v) is 10.1. The smallest absolute Gasteiger partial charge is 0.106 e. The first-order chi connectivity index (χ1) is 13.3. The summed E-state index contributed by atoms with van der Waals surface area (Å²) in [6.45, 7) is 14.6. The van der Waals surface area contributed by atoms with E-state index in [4.69, 9.17) is 9.47 Å². The molecule has 0 saturated heterocycles. The van der Waals surface area contributed by atoms with Gasteiger partial charge in [0, 0.05) is 22.7 Å². The molecule has 0 bridgehead atoms. The highest BCUT2D eigenvalue weighted by molar-refractivity contribution is 5.87. The van der Waals surface area contributed by atoms with E-state index >= 15 is 0 Å². The summed E-state index contributed by atoms with van der Waals surface area (Å²) < 4.78 is 11.9. The molecule has 3 nitrogen and oxygen atoms in total. The molecular weight excluding hydrogens is 346 g/mol. The van der Waals surface area contributed by atoms with Crippen LogP contribution in [-0.2, 0) is 9.47 Å². The Balaban J connectivity index is 2.07. The normalized spacial score (nSPS) is 22.6. The molecule has 2 aliphatic rings. The monoisotopic (exact) mass is 379 g/mol. The van der Waals surface area contributed by atoms with Crippen molar-refractivity contribution < 1.29 is 9.47 Å². The Hall–Kier alpha value is -2.26. The van der Waals surface area contributed by atoms with Gasteiger partial charge < -0.3 is 14.8 Å². The lowest BCUT2D eigenvalue weighted by molar-refractivity contribution is 0.0687. The lowest BCUT2D eigenvalue weighted by Crippen LogP contribution is -2.34. The Morgan fingerprint density at radius 1 is 1.29 bits per heavy atom. The maximum absolute atomic E-state index is 6.17. The fourth-order valence-electron chi connectivity index (χ4n) is 4.09. The Morgan fingerprint density at radius 3 is 2.71 bits per heavy atom. The number of fused-ring (bicyclic) bond motifs is 1. The lowest BCUT2D eigenvalue weighted by Gasteiger charge is -2.35. The maximum atomic E-state index is 6.17. The van der Waals surface area contributed by atoms with Gasteiger partial charge in [-0.05, 0) is 57.4 Å². The van der Waals surface area contributed by atoms with Crippen molar-refractivity contribution in [3.8, 4) is 0 Å². The van der Waals surface area contributed by atoms with Crippen LogP contribution in [0.15, 0.2) is 54.8 Å². The molecule has 28 heavy (non-hydrogen) atoms. The van der Waals surface area contributed by atoms with Gasteiger partial charge in [-0.25, -0.2) is 0 Å². The maximum Gasteiger partial charge on any atom is 0.106 e. The number of nitrogens with one attached hydrogen (secondary N) is 1. The van der Waals surface area contributed by atoms with E-state index in [1.165, 1.54) is 22.3 Å². The van der Waals surface area contributed by atoms with E-state index in [1.54, 1.807) is 7.11 Å². The number of hydrogen-bond donors (Lipinski definition) is 1. The number of ether oxygens (including phenoxy) is 2. The Kier molecular flexibility index (Phi) is 5.85. The van der Waals surface area contributed by atoms with E-state index in [-0.39, 0.29) is 17.7 Å². The van der Waals surface area contributed by atoms with E-state index < -0.39 is 0 Å². The Morgan fingerprint density at radius 2 is 2.04 bits per heavy atom. The molecule has 1 aromatic carbocycles. The molecular formula is C25H33NO2. The summed E-state index contributed by atoms with van der Waals surface area (Å²) in [5.74, 6) is 1.45. The summed E-state index contributed by atoms with van der Waals surface area (Å²) in [6, 6.07) is 6.62. The first kappa shape index (κ1) is 20.5. The first-order valence-electron chi connectivity index (χ1n) is 10.1. The van der Waals surface area contributed by atoms with Gasteiger partial charge in [0.15, 0.2) is 0 Å². The van der Waals surface area contributed by atoms with Crippen molar-refractivity contribution in [1.82, 2.24) is 0 Å². The quantitative estimate of drug-likeness (QED) is 0.596. The number of rotatable bonds is 6. The fraction of sp³-hybridized carbons (Fsp3) is 0.440. The Labute approximate surface area is 169 Å². The van der Waals surface area contributed by atoms with Crippen LogP contribution in [0.5, 0.6) is 0 Å². The third kappa shape index (κ3) is 4.10. The highest BCUT2D eigenvalue weighted by Crippen LogP contribution is 2.40. The predicted octanol–water partition coefficient (Wildman–Crippen LogP) is 6.21. The van der Waals surface area contributed by atoms with Crippen molar-refractivity contribution in [1.29, 1.82) is 0 Å². The van der Waals surface area contributed by atoms with Gasteiger partial charge in [0.2, 0.25) is 0 Å². The molecule has 1 aliphatic carbocycles. The topological polar surface area (TPSA) is 30.5 Å². The minimum Gasteiger partial charge on any atom is -0.500 e. The molecule has 3 rings (SSSR count). The summed E-state index contributed by atoms with van der Waals surface area (Å²) in [7, 11) is 1.77. The summed E-state index contributed by atoms with van der Waals surface area (Å²) in [5.41, 5.74) is 5.75. The molecule has 3 heteroatoms. The zero-order valence-corrected chi connectivity index (χ0v) is 18.0. The van der Waals surface area contributed by atoms with E-state index in [0.29, 0.717) is 5.92 Å². The zero-order valence-electron chi connectivity index (χ0n) is 18.0. The van der Waals surface area contributed by atoms with Gasteiger partial charge in [-0.15, -0.1) is 6.58 Å². The second-order valence-corrected chi connectivity index (χ2v) is 8.45. The number of methoxy groups -OCH3 is 1. The molecule has 0 saturated carbocycles. The van der Waals surface area contributed by atoms with E-state index in [9.17, 15) is 0 Å². The van der Waals surface area contributed by atoms with Gasteiger partial charge in [0.1, 0.15) is 5.76 Å². The summed E-state index contributed by atoms with van der Waals surface area (Å²) in [5, 5.41) is 3.64. The van der Waals surface area contributed by atoms with Crippen molar-refractivity contribution >= 4 is 16.8 Å². The zero-order chi connectivity index (χ0) is 20.5. The van der Waals surface area contributed by atoms with Crippen LogP contribution in [-0.4, -0.2) is 24.9 Å². The van der Waals surface area contributed by atoms with Crippen LogP contribution in [0, 0.1) is 5.92 Å². The van der Waals surface area contributed by atoms with Crippen molar-refractivity contribution in [3.63, 3.8) is 0 Å². The van der Waals surface area contributed by atoms with Gasteiger partial charge in [-0.1, -0.05) is 37.3 Å². The van der Waals surface area contributed by atoms with Crippen molar-refractivity contribution in [2.75, 3.05) is 12.4 Å². The van der Waals surface area contributed by atoms with E-state index in [1.807, 2.05) is 13.0 Å². The van der Waals surface area contributed by atoms with Crippen molar-refractivity contribution in [3.05, 3.63) is 66.0 Å².